The number of nitrogens with zero attached hydrogens (tertiary/aromatic N) is 1. The molecule has 196 valence electrons. The van der Waals surface area contributed by atoms with E-state index in [-0.39, 0.29) is 21.2 Å². The molecule has 3 aromatic rings. The Labute approximate surface area is 219 Å². The number of hydrogen-bond donors (Lipinski definition) is 1. The van der Waals surface area contributed by atoms with Gasteiger partial charge in [0.25, 0.3) is 11.8 Å². The van der Waals surface area contributed by atoms with E-state index in [2.05, 4.69) is 0 Å². The van der Waals surface area contributed by atoms with Crippen LogP contribution in [0.3, 0.4) is 0 Å². The number of carbonyl (C=O) groups is 3. The first-order valence-corrected chi connectivity index (χ1v) is 12.4. The standard InChI is InChI=1S/C25H16ClF3N2O6S/c1-14-5-8-18(9-6-14)38(35,36)37-17-4-2-3-15(11-17)12-19-22(32)30-24(34)31(23(19)33)21-13-16(25(27,28)29)7-10-20(21)26/h2-13H,1H3,(H,30,32,34)/b19-12+. The SMILES string of the molecule is Cc1ccc(S(=O)(=O)Oc2cccc(/C=C3\C(=O)NC(=O)N(c4cc(C(F)(F)F)ccc4Cl)C3=O)c2)cc1. The smallest absolute Gasteiger partial charge is 0.379 e. The molecule has 1 N–H and O–H groups in total. The molecule has 1 saturated heterocycles. The highest BCUT2D eigenvalue weighted by Gasteiger charge is 2.39. The average molecular weight is 565 g/mol. The van der Waals surface area contributed by atoms with Gasteiger partial charge < -0.3 is 4.18 Å². The minimum Gasteiger partial charge on any atom is -0.379 e. The quantitative estimate of drug-likeness (QED) is 0.262. The summed E-state index contributed by atoms with van der Waals surface area (Å²) in [4.78, 5) is 38.2. The maximum absolute atomic E-state index is 13.2. The van der Waals surface area contributed by atoms with Gasteiger partial charge in [-0.25, -0.2) is 9.69 Å². The fourth-order valence-electron chi connectivity index (χ4n) is 3.44. The minimum absolute atomic E-state index is 0.0965. The van der Waals surface area contributed by atoms with Gasteiger partial charge >= 0.3 is 22.3 Å². The van der Waals surface area contributed by atoms with Gasteiger partial charge in [0.15, 0.2) is 0 Å². The van der Waals surface area contributed by atoms with Crippen molar-refractivity contribution in [3.8, 4) is 5.75 Å². The second-order valence-corrected chi connectivity index (χ2v) is 10.00. The molecule has 0 bridgehead atoms. The summed E-state index contributed by atoms with van der Waals surface area (Å²) in [5, 5.41) is 1.54. The van der Waals surface area contributed by atoms with Crippen LogP contribution in [-0.4, -0.2) is 26.3 Å². The summed E-state index contributed by atoms with van der Waals surface area (Å²) < 4.78 is 69.9. The number of benzene rings is 3. The predicted molar refractivity (Wildman–Crippen MR) is 131 cm³/mol. The van der Waals surface area contributed by atoms with E-state index in [4.69, 9.17) is 15.8 Å². The van der Waals surface area contributed by atoms with Crippen LogP contribution in [0.5, 0.6) is 5.75 Å². The van der Waals surface area contributed by atoms with Gasteiger partial charge in [-0.1, -0.05) is 41.4 Å². The van der Waals surface area contributed by atoms with Gasteiger partial charge in [0.05, 0.1) is 16.3 Å². The van der Waals surface area contributed by atoms with Crippen molar-refractivity contribution in [2.24, 2.45) is 0 Å². The third-order valence-electron chi connectivity index (χ3n) is 5.30. The number of halogens is 4. The van der Waals surface area contributed by atoms with Gasteiger partial charge in [0.1, 0.15) is 16.2 Å². The normalized spacial score (nSPS) is 15.6. The number of aryl methyl sites for hydroxylation is 1. The van der Waals surface area contributed by atoms with E-state index in [1.165, 1.54) is 36.4 Å². The summed E-state index contributed by atoms with van der Waals surface area (Å²) in [5.41, 5.74) is -1.39. The third kappa shape index (κ3) is 5.55. The van der Waals surface area contributed by atoms with E-state index in [0.717, 1.165) is 17.7 Å². The predicted octanol–water partition coefficient (Wildman–Crippen LogP) is 5.10. The molecule has 0 atom stereocenters. The first-order valence-electron chi connectivity index (χ1n) is 10.7. The molecule has 0 spiro atoms. The van der Waals surface area contributed by atoms with Crippen LogP contribution < -0.4 is 14.4 Å². The van der Waals surface area contributed by atoms with Gasteiger partial charge in [-0.3, -0.25) is 14.9 Å². The molecule has 0 aliphatic carbocycles. The number of amides is 4. The first kappa shape index (κ1) is 26.9. The number of barbiturate groups is 1. The monoisotopic (exact) mass is 564 g/mol. The van der Waals surface area contributed by atoms with Crippen molar-refractivity contribution in [2.75, 3.05) is 4.90 Å². The Bertz CT molecular complexity index is 1600. The Morgan fingerprint density at radius 2 is 1.66 bits per heavy atom. The number of urea groups is 1. The van der Waals surface area contributed by atoms with Crippen LogP contribution in [0.25, 0.3) is 6.08 Å². The molecule has 3 aromatic carbocycles. The molecule has 38 heavy (non-hydrogen) atoms. The molecule has 1 aliphatic heterocycles. The van der Waals surface area contributed by atoms with Crippen molar-refractivity contribution < 1.29 is 40.2 Å². The lowest BCUT2D eigenvalue weighted by Crippen LogP contribution is -2.54. The molecule has 13 heteroatoms. The molecule has 4 amide bonds. The van der Waals surface area contributed by atoms with Crippen LogP contribution in [0, 0.1) is 6.92 Å². The van der Waals surface area contributed by atoms with E-state index >= 15 is 0 Å². The maximum Gasteiger partial charge on any atom is 0.416 e. The average Bonchev–Trinajstić information content (AvgIpc) is 2.82. The number of rotatable bonds is 5. The lowest BCUT2D eigenvalue weighted by molar-refractivity contribution is -0.137. The van der Waals surface area contributed by atoms with Crippen molar-refractivity contribution in [1.82, 2.24) is 5.32 Å². The Kier molecular flexibility index (Phi) is 7.04. The zero-order valence-corrected chi connectivity index (χ0v) is 20.8. The van der Waals surface area contributed by atoms with Gasteiger partial charge in [-0.15, -0.1) is 0 Å². The lowest BCUT2D eigenvalue weighted by Gasteiger charge is -2.27. The lowest BCUT2D eigenvalue weighted by atomic mass is 10.1. The van der Waals surface area contributed by atoms with Crippen LogP contribution in [0.1, 0.15) is 16.7 Å². The molecule has 1 fully saturated rings. The van der Waals surface area contributed by atoms with E-state index in [9.17, 15) is 36.0 Å². The second-order valence-electron chi connectivity index (χ2n) is 8.04. The number of carbonyl (C=O) groups excluding carboxylic acids is 3. The van der Waals surface area contributed by atoms with E-state index in [1.807, 2.05) is 5.32 Å². The van der Waals surface area contributed by atoms with E-state index in [0.29, 0.717) is 17.0 Å². The van der Waals surface area contributed by atoms with Crippen LogP contribution in [-0.2, 0) is 25.9 Å². The molecular formula is C25H16ClF3N2O6S. The van der Waals surface area contributed by atoms with Crippen LogP contribution in [0.4, 0.5) is 23.7 Å². The minimum atomic E-state index is -4.79. The van der Waals surface area contributed by atoms with Crippen LogP contribution >= 0.6 is 11.6 Å². The fourth-order valence-corrected chi connectivity index (χ4v) is 4.56. The summed E-state index contributed by atoms with van der Waals surface area (Å²) in [6.45, 7) is 1.78. The topological polar surface area (TPSA) is 110 Å². The molecule has 0 saturated carbocycles. The zero-order chi connectivity index (χ0) is 27.8. The Morgan fingerprint density at radius 1 is 0.974 bits per heavy atom. The molecule has 8 nitrogen and oxygen atoms in total. The van der Waals surface area contributed by atoms with Gasteiger partial charge in [0, 0.05) is 0 Å². The Balaban J connectivity index is 1.67. The van der Waals surface area contributed by atoms with Crippen molar-refractivity contribution >= 4 is 51.3 Å². The van der Waals surface area contributed by atoms with E-state index < -0.39 is 51.0 Å². The Hall–Kier alpha value is -4.16. The summed E-state index contributed by atoms with van der Waals surface area (Å²) in [5.74, 6) is -2.49. The molecule has 0 radical (unpaired) electrons. The Morgan fingerprint density at radius 3 is 2.32 bits per heavy atom. The molecule has 1 heterocycles. The number of anilines is 1. The molecule has 0 unspecified atom stereocenters. The van der Waals surface area contributed by atoms with Crippen molar-refractivity contribution in [3.63, 3.8) is 0 Å². The van der Waals surface area contributed by atoms with E-state index in [1.54, 1.807) is 19.1 Å². The number of alkyl halides is 3. The highest BCUT2D eigenvalue weighted by atomic mass is 35.5. The maximum atomic E-state index is 13.2. The fraction of sp³-hybridized carbons (Fsp3) is 0.0800. The molecule has 1 aliphatic rings. The van der Waals surface area contributed by atoms with Crippen LogP contribution in [0.15, 0.2) is 77.2 Å². The highest BCUT2D eigenvalue weighted by molar-refractivity contribution is 7.87. The van der Waals surface area contributed by atoms with Gasteiger partial charge in [0.2, 0.25) is 0 Å². The van der Waals surface area contributed by atoms with Crippen molar-refractivity contribution in [3.05, 3.63) is 94.0 Å². The molecule has 0 aromatic heterocycles. The summed E-state index contributed by atoms with van der Waals surface area (Å²) in [6.07, 6.45) is -3.76. The number of nitrogens with one attached hydrogen (secondary N) is 1. The molecule has 4 rings (SSSR count). The number of imide groups is 2. The summed E-state index contributed by atoms with van der Waals surface area (Å²) in [7, 11) is -4.20. The van der Waals surface area contributed by atoms with Gasteiger partial charge in [-0.05, 0) is 61.0 Å². The zero-order valence-electron chi connectivity index (χ0n) is 19.2. The van der Waals surface area contributed by atoms with Crippen molar-refractivity contribution in [1.29, 1.82) is 0 Å². The largest absolute Gasteiger partial charge is 0.416 e. The van der Waals surface area contributed by atoms with Crippen LogP contribution in [0.2, 0.25) is 5.02 Å². The third-order valence-corrected chi connectivity index (χ3v) is 6.88. The van der Waals surface area contributed by atoms with Gasteiger partial charge in [-0.2, -0.15) is 21.6 Å². The first-order chi connectivity index (χ1) is 17.8. The highest BCUT2D eigenvalue weighted by Crippen LogP contribution is 2.36. The second kappa shape index (κ2) is 9.95. The summed E-state index contributed by atoms with van der Waals surface area (Å²) >= 11 is 5.98. The summed E-state index contributed by atoms with van der Waals surface area (Å²) in [6, 6.07) is 12.0. The molecular weight excluding hydrogens is 549 g/mol. The number of hydrogen-bond acceptors (Lipinski definition) is 6. The van der Waals surface area contributed by atoms with Crippen molar-refractivity contribution in [2.45, 2.75) is 18.0 Å².